The first-order valence-electron chi connectivity index (χ1n) is 15.1. The van der Waals surface area contributed by atoms with E-state index in [0.29, 0.717) is 25.1 Å². The maximum Gasteiger partial charge on any atom is 0.305 e. The molecule has 11 nitrogen and oxygen atoms in total. The van der Waals surface area contributed by atoms with Crippen LogP contribution >= 0.6 is 0 Å². The van der Waals surface area contributed by atoms with Gasteiger partial charge in [0.1, 0.15) is 12.6 Å². The zero-order valence-corrected chi connectivity index (χ0v) is 30.1. The van der Waals surface area contributed by atoms with Gasteiger partial charge in [0.25, 0.3) is 0 Å². The highest BCUT2D eigenvalue weighted by atomic mass is 16.5. The van der Waals surface area contributed by atoms with E-state index in [1.165, 1.54) is 25.7 Å². The van der Waals surface area contributed by atoms with Gasteiger partial charge in [0.05, 0.1) is 26.3 Å². The monoisotopic (exact) mass is 640 g/mol. The molecular formula is C34H64N4O7. The van der Waals surface area contributed by atoms with Gasteiger partial charge >= 0.3 is 5.97 Å². The Morgan fingerprint density at radius 3 is 1.98 bits per heavy atom. The SMILES string of the molecule is C=CC.CCC.CCOC(=O)CCCNC.CN(C)C.CNCC(=O)NC(C=O)C(C)C.COc1cc(/C=C/C=O)ccc1O. The van der Waals surface area contributed by atoms with E-state index in [9.17, 15) is 24.3 Å². The largest absolute Gasteiger partial charge is 0.504 e. The summed E-state index contributed by atoms with van der Waals surface area (Å²) in [5.41, 5.74) is 0.807. The number of nitrogens with one attached hydrogen (secondary N) is 3. The maximum absolute atomic E-state index is 11.0. The Morgan fingerprint density at radius 1 is 1.07 bits per heavy atom. The Labute approximate surface area is 273 Å². The van der Waals surface area contributed by atoms with E-state index in [-0.39, 0.29) is 36.1 Å². The number of carbonyl (C=O) groups is 4. The van der Waals surface area contributed by atoms with Crippen molar-refractivity contribution < 1.29 is 33.8 Å². The second-order valence-corrected chi connectivity index (χ2v) is 9.90. The summed E-state index contributed by atoms with van der Waals surface area (Å²) in [6.45, 7) is 16.7. The first-order valence-corrected chi connectivity index (χ1v) is 15.1. The molecule has 1 unspecified atom stereocenters. The van der Waals surface area contributed by atoms with E-state index in [1.807, 2.05) is 60.8 Å². The van der Waals surface area contributed by atoms with Gasteiger partial charge < -0.3 is 40.2 Å². The molecule has 0 heterocycles. The fraction of sp³-hybridized carbons (Fsp3) is 0.588. The van der Waals surface area contributed by atoms with Gasteiger partial charge in [-0.2, -0.15) is 0 Å². The Bertz CT molecular complexity index is 873. The lowest BCUT2D eigenvalue weighted by atomic mass is 10.1. The number of aldehydes is 2. The third kappa shape index (κ3) is 45.0. The molecule has 45 heavy (non-hydrogen) atoms. The van der Waals surface area contributed by atoms with Crippen LogP contribution in [-0.2, 0) is 23.9 Å². The fourth-order valence-corrected chi connectivity index (χ4v) is 2.35. The minimum Gasteiger partial charge on any atom is -0.504 e. The summed E-state index contributed by atoms with van der Waals surface area (Å²) in [7, 11) is 11.0. The molecule has 262 valence electrons. The summed E-state index contributed by atoms with van der Waals surface area (Å²) in [5, 5.41) is 17.5. The molecule has 0 aliphatic heterocycles. The summed E-state index contributed by atoms with van der Waals surface area (Å²) in [6.07, 6.45) is 8.85. The molecule has 1 atom stereocenters. The van der Waals surface area contributed by atoms with Crippen molar-refractivity contribution in [2.75, 3.05) is 62.0 Å². The lowest BCUT2D eigenvalue weighted by Crippen LogP contribution is -2.43. The normalized spacial score (nSPS) is 9.91. The van der Waals surface area contributed by atoms with Crippen LogP contribution in [0.15, 0.2) is 36.9 Å². The van der Waals surface area contributed by atoms with Crippen molar-refractivity contribution in [1.29, 1.82) is 0 Å². The van der Waals surface area contributed by atoms with Gasteiger partial charge in [0.2, 0.25) is 5.91 Å². The third-order valence-electron chi connectivity index (χ3n) is 4.21. The molecule has 1 rings (SSSR count). The lowest BCUT2D eigenvalue weighted by molar-refractivity contribution is -0.143. The number of amides is 1. The summed E-state index contributed by atoms with van der Waals surface area (Å²) in [5.74, 6) is 0.378. The number of carbonyl (C=O) groups excluding carboxylic acids is 4. The average Bonchev–Trinajstić information content (AvgIpc) is 2.97. The van der Waals surface area contributed by atoms with Crippen LogP contribution in [0.1, 0.15) is 66.4 Å². The Balaban J connectivity index is -0.000000155. The predicted molar refractivity (Wildman–Crippen MR) is 188 cm³/mol. The van der Waals surface area contributed by atoms with E-state index >= 15 is 0 Å². The topological polar surface area (TPSA) is 146 Å². The van der Waals surface area contributed by atoms with Crippen LogP contribution in [0.5, 0.6) is 11.5 Å². The molecule has 4 N–H and O–H groups in total. The molecule has 0 saturated heterocycles. The van der Waals surface area contributed by atoms with Gasteiger partial charge in [-0.25, -0.2) is 0 Å². The zero-order valence-electron chi connectivity index (χ0n) is 30.1. The number of nitrogens with zero attached hydrogens (tertiary/aromatic N) is 1. The highest BCUT2D eigenvalue weighted by Gasteiger charge is 2.13. The molecule has 11 heteroatoms. The van der Waals surface area contributed by atoms with E-state index in [1.54, 1.807) is 31.3 Å². The van der Waals surface area contributed by atoms with E-state index < -0.39 is 0 Å². The molecular weight excluding hydrogens is 576 g/mol. The van der Waals surface area contributed by atoms with Crippen LogP contribution in [-0.4, -0.2) is 103 Å². The maximum atomic E-state index is 11.0. The minimum absolute atomic E-state index is 0.0887. The van der Waals surface area contributed by atoms with Crippen LogP contribution in [0, 0.1) is 5.92 Å². The molecule has 1 aromatic carbocycles. The van der Waals surface area contributed by atoms with Gasteiger partial charge in [-0.05, 0) is 91.7 Å². The summed E-state index contributed by atoms with van der Waals surface area (Å²) in [4.78, 5) is 44.1. The number of ether oxygens (including phenoxy) is 2. The van der Waals surface area contributed by atoms with E-state index in [4.69, 9.17) is 9.47 Å². The quantitative estimate of drug-likeness (QED) is 0.0800. The van der Waals surface area contributed by atoms with Crippen LogP contribution in [0.2, 0.25) is 0 Å². The predicted octanol–water partition coefficient (Wildman–Crippen LogP) is 4.49. The van der Waals surface area contributed by atoms with Crippen LogP contribution in [0.25, 0.3) is 6.08 Å². The number of aromatic hydroxyl groups is 1. The number of phenolic OH excluding ortho intramolecular Hbond substituents is 1. The summed E-state index contributed by atoms with van der Waals surface area (Å²) >= 11 is 0. The van der Waals surface area contributed by atoms with Gasteiger partial charge in [-0.1, -0.05) is 52.3 Å². The highest BCUT2D eigenvalue weighted by Crippen LogP contribution is 2.26. The van der Waals surface area contributed by atoms with Gasteiger partial charge in [-0.3, -0.25) is 14.4 Å². The van der Waals surface area contributed by atoms with Crippen LogP contribution in [0.3, 0.4) is 0 Å². The Hall–Kier alpha value is -3.54. The van der Waals surface area contributed by atoms with Crippen molar-refractivity contribution in [3.8, 4) is 11.5 Å². The highest BCUT2D eigenvalue weighted by molar-refractivity contribution is 5.81. The zero-order chi connectivity index (χ0) is 36.1. The molecule has 1 amide bonds. The second-order valence-electron chi connectivity index (χ2n) is 9.90. The minimum atomic E-state index is -0.370. The number of hydrogen-bond acceptors (Lipinski definition) is 10. The number of allylic oxidation sites excluding steroid dienone is 2. The summed E-state index contributed by atoms with van der Waals surface area (Å²) in [6, 6.07) is 4.49. The molecule has 0 fully saturated rings. The van der Waals surface area contributed by atoms with Gasteiger partial charge in [0, 0.05) is 6.42 Å². The number of rotatable bonds is 13. The molecule has 0 aromatic heterocycles. The average molecular weight is 641 g/mol. The smallest absolute Gasteiger partial charge is 0.305 e. The Kier molecular flexibility index (Phi) is 45.9. The first-order chi connectivity index (χ1) is 21.3. The van der Waals surface area contributed by atoms with Crippen molar-refractivity contribution in [3.63, 3.8) is 0 Å². The van der Waals surface area contributed by atoms with Crippen molar-refractivity contribution in [2.24, 2.45) is 5.92 Å². The standard InChI is InChI=1S/C10H10O3.C8H16N2O2.C7H15NO2.C3H9N.C3H8.C3H6/c1-13-10-7-8(3-2-6-11)4-5-9(10)12;1-6(2)7(5-11)10-8(12)4-9-3;1-3-10-7(9)5-4-6-8-2;1-4(2)3;2*1-3-2/h2-7,12H,1H3;5-7,9H,4H2,1-3H3,(H,10,12);8H,3-6H2,1-2H3;1-3H3;3H2,1-2H3;3H,1H2,2H3/b3-2+;;;;;. The van der Waals surface area contributed by atoms with Gasteiger partial charge in [0.15, 0.2) is 11.5 Å². The van der Waals surface area contributed by atoms with Crippen molar-refractivity contribution >= 4 is 30.5 Å². The molecule has 0 spiro atoms. The van der Waals surface area contributed by atoms with E-state index in [2.05, 4.69) is 36.4 Å². The third-order valence-corrected chi connectivity index (χ3v) is 4.21. The van der Waals surface area contributed by atoms with Crippen LogP contribution < -0.4 is 20.7 Å². The van der Waals surface area contributed by atoms with Crippen molar-refractivity contribution in [2.45, 2.75) is 66.8 Å². The van der Waals surface area contributed by atoms with Gasteiger partial charge in [-0.15, -0.1) is 6.58 Å². The Morgan fingerprint density at radius 2 is 1.60 bits per heavy atom. The number of benzene rings is 1. The first kappa shape index (κ1) is 51.1. The van der Waals surface area contributed by atoms with E-state index in [0.717, 1.165) is 24.8 Å². The van der Waals surface area contributed by atoms with Crippen molar-refractivity contribution in [3.05, 3.63) is 42.5 Å². The molecule has 0 aliphatic carbocycles. The second kappa shape index (κ2) is 40.5. The molecule has 0 saturated carbocycles. The number of esters is 1. The van der Waals surface area contributed by atoms with Crippen LogP contribution in [0.4, 0.5) is 0 Å². The summed E-state index contributed by atoms with van der Waals surface area (Å²) < 4.78 is 9.62. The number of phenols is 1. The molecule has 0 radical (unpaired) electrons. The number of hydrogen-bond donors (Lipinski definition) is 4. The number of methoxy groups -OCH3 is 1. The molecule has 0 aliphatic rings. The molecule has 1 aromatic rings. The van der Waals surface area contributed by atoms with Crippen molar-refractivity contribution in [1.82, 2.24) is 20.9 Å². The number of likely N-dealkylation sites (N-methyl/N-ethyl adjacent to an activating group) is 1. The molecule has 0 bridgehead atoms. The lowest BCUT2D eigenvalue weighted by Gasteiger charge is -2.15. The fourth-order valence-electron chi connectivity index (χ4n) is 2.35.